The predicted octanol–water partition coefficient (Wildman–Crippen LogP) is 1.79. The second-order valence-corrected chi connectivity index (χ2v) is 3.97. The molecule has 0 unspecified atom stereocenters. The zero-order chi connectivity index (χ0) is 12.3. The number of halogens is 1. The molecule has 0 aliphatic heterocycles. The van der Waals surface area contributed by atoms with Gasteiger partial charge in [-0.1, -0.05) is 0 Å². The third-order valence-electron chi connectivity index (χ3n) is 1.89. The molecule has 0 aromatic heterocycles. The average Bonchev–Trinajstić information content (AvgIpc) is 2.19. The van der Waals surface area contributed by atoms with E-state index in [1.165, 1.54) is 19.1 Å². The molecule has 0 amide bonds. The van der Waals surface area contributed by atoms with Crippen molar-refractivity contribution in [3.63, 3.8) is 0 Å². The van der Waals surface area contributed by atoms with Crippen LogP contribution in [0, 0.1) is 0 Å². The molecular formula is C10H10BrNO4. The minimum atomic E-state index is -1.07. The van der Waals surface area contributed by atoms with Crippen LogP contribution in [0.15, 0.2) is 16.6 Å². The van der Waals surface area contributed by atoms with E-state index in [-0.39, 0.29) is 12.2 Å². The molecule has 0 spiro atoms. The van der Waals surface area contributed by atoms with E-state index in [1.807, 2.05) is 0 Å². The highest BCUT2D eigenvalue weighted by atomic mass is 79.9. The summed E-state index contributed by atoms with van der Waals surface area (Å²) >= 11 is 3.14. The zero-order valence-electron chi connectivity index (χ0n) is 8.49. The summed E-state index contributed by atoms with van der Waals surface area (Å²) in [6, 6.07) is 2.78. The average molecular weight is 288 g/mol. The van der Waals surface area contributed by atoms with Gasteiger partial charge in [-0.3, -0.25) is 4.79 Å². The second-order valence-electron chi connectivity index (χ2n) is 3.12. The molecular weight excluding hydrogens is 278 g/mol. The van der Waals surface area contributed by atoms with E-state index in [0.29, 0.717) is 15.7 Å². The largest absolute Gasteiger partial charge is 0.478 e. The Kier molecular flexibility index (Phi) is 3.89. The van der Waals surface area contributed by atoms with Crippen LogP contribution in [0.2, 0.25) is 0 Å². The number of carboxylic acid groups (broad SMARTS) is 1. The second kappa shape index (κ2) is 4.98. The van der Waals surface area contributed by atoms with E-state index in [1.54, 1.807) is 0 Å². The van der Waals surface area contributed by atoms with Gasteiger partial charge in [0.05, 0.1) is 11.3 Å². The molecule has 6 heteroatoms. The number of ether oxygens (including phenoxy) is 1. The Hall–Kier alpha value is -1.56. The number of carboxylic acids is 1. The lowest BCUT2D eigenvalue weighted by Crippen LogP contribution is -2.05. The smallest absolute Gasteiger partial charge is 0.335 e. The summed E-state index contributed by atoms with van der Waals surface area (Å²) in [6.07, 6.45) is 0. The first-order valence-electron chi connectivity index (χ1n) is 4.36. The van der Waals surface area contributed by atoms with Crippen LogP contribution in [0.3, 0.4) is 0 Å². The molecule has 1 aromatic rings. The number of hydrogen-bond donors (Lipinski definition) is 2. The van der Waals surface area contributed by atoms with Crippen molar-refractivity contribution < 1.29 is 19.4 Å². The number of carbonyl (C=O) groups is 2. The maximum atomic E-state index is 10.8. The molecule has 0 saturated carbocycles. The number of aromatic carboxylic acids is 1. The Morgan fingerprint density at radius 2 is 2.12 bits per heavy atom. The van der Waals surface area contributed by atoms with E-state index in [9.17, 15) is 9.59 Å². The van der Waals surface area contributed by atoms with Crippen molar-refractivity contribution in [3.05, 3.63) is 27.7 Å². The fraction of sp³-hybridized carbons (Fsp3) is 0.200. The Morgan fingerprint density at radius 3 is 2.62 bits per heavy atom. The van der Waals surface area contributed by atoms with Gasteiger partial charge in [0, 0.05) is 17.0 Å². The van der Waals surface area contributed by atoms with Crippen molar-refractivity contribution in [2.24, 2.45) is 0 Å². The topological polar surface area (TPSA) is 89.6 Å². The van der Waals surface area contributed by atoms with Gasteiger partial charge in [0.25, 0.3) is 0 Å². The molecule has 3 N–H and O–H groups in total. The molecule has 1 rings (SSSR count). The number of anilines is 1. The fourth-order valence-electron chi connectivity index (χ4n) is 1.10. The van der Waals surface area contributed by atoms with Crippen molar-refractivity contribution in [2.45, 2.75) is 13.5 Å². The third-order valence-corrected chi connectivity index (χ3v) is 2.55. The van der Waals surface area contributed by atoms with Crippen LogP contribution in [-0.2, 0) is 16.1 Å². The van der Waals surface area contributed by atoms with E-state index in [4.69, 9.17) is 15.6 Å². The number of nitrogens with two attached hydrogens (primary N) is 1. The van der Waals surface area contributed by atoms with Crippen molar-refractivity contribution in [1.82, 2.24) is 0 Å². The SMILES string of the molecule is CC(=O)OCc1cc(C(=O)O)cc(Br)c1N. The van der Waals surface area contributed by atoms with E-state index >= 15 is 0 Å². The van der Waals surface area contributed by atoms with E-state index in [2.05, 4.69) is 15.9 Å². The Bertz CT molecular complexity index is 445. The minimum Gasteiger partial charge on any atom is -0.478 e. The summed E-state index contributed by atoms with van der Waals surface area (Å²) in [4.78, 5) is 21.4. The lowest BCUT2D eigenvalue weighted by molar-refractivity contribution is -0.142. The zero-order valence-corrected chi connectivity index (χ0v) is 10.1. The van der Waals surface area contributed by atoms with Crippen LogP contribution in [0.1, 0.15) is 22.8 Å². The summed E-state index contributed by atoms with van der Waals surface area (Å²) in [6.45, 7) is 1.23. The predicted molar refractivity (Wildman–Crippen MR) is 61.0 cm³/mol. The highest BCUT2D eigenvalue weighted by Crippen LogP contribution is 2.26. The summed E-state index contributed by atoms with van der Waals surface area (Å²) in [7, 11) is 0. The van der Waals surface area contributed by atoms with Crippen molar-refractivity contribution >= 4 is 33.6 Å². The molecule has 0 atom stereocenters. The van der Waals surface area contributed by atoms with Gasteiger partial charge in [0.2, 0.25) is 0 Å². The van der Waals surface area contributed by atoms with Crippen molar-refractivity contribution in [3.8, 4) is 0 Å². The van der Waals surface area contributed by atoms with Crippen LogP contribution < -0.4 is 5.73 Å². The Balaban J connectivity index is 3.06. The molecule has 0 radical (unpaired) electrons. The number of carbonyl (C=O) groups excluding carboxylic acids is 1. The number of nitrogen functional groups attached to an aromatic ring is 1. The lowest BCUT2D eigenvalue weighted by Gasteiger charge is -2.09. The molecule has 1 aromatic carbocycles. The third kappa shape index (κ3) is 2.96. The highest BCUT2D eigenvalue weighted by Gasteiger charge is 2.11. The summed E-state index contributed by atoms with van der Waals surface area (Å²) < 4.78 is 5.23. The summed E-state index contributed by atoms with van der Waals surface area (Å²) in [5.41, 5.74) is 6.62. The van der Waals surface area contributed by atoms with Crippen molar-refractivity contribution in [2.75, 3.05) is 5.73 Å². The molecule has 0 fully saturated rings. The summed E-state index contributed by atoms with van der Waals surface area (Å²) in [5, 5.41) is 8.83. The van der Waals surface area contributed by atoms with Gasteiger partial charge in [0.1, 0.15) is 6.61 Å². The molecule has 0 heterocycles. The number of esters is 1. The van der Waals surface area contributed by atoms with E-state index in [0.717, 1.165) is 0 Å². The number of benzene rings is 1. The standard InChI is InChI=1S/C10H10BrNO4/c1-5(13)16-4-7-2-6(10(14)15)3-8(11)9(7)12/h2-3H,4,12H2,1H3,(H,14,15). The van der Waals surface area contributed by atoms with Crippen LogP contribution in [-0.4, -0.2) is 17.0 Å². The fourth-order valence-corrected chi connectivity index (χ4v) is 1.60. The molecule has 86 valence electrons. The van der Waals surface area contributed by atoms with Gasteiger partial charge in [-0.05, 0) is 28.1 Å². The molecule has 0 aliphatic rings. The van der Waals surface area contributed by atoms with Crippen LogP contribution in [0.5, 0.6) is 0 Å². The lowest BCUT2D eigenvalue weighted by atomic mass is 10.1. The van der Waals surface area contributed by atoms with Gasteiger partial charge in [0.15, 0.2) is 0 Å². The number of rotatable bonds is 3. The minimum absolute atomic E-state index is 0.0408. The molecule has 16 heavy (non-hydrogen) atoms. The van der Waals surface area contributed by atoms with Gasteiger partial charge in [-0.2, -0.15) is 0 Å². The van der Waals surface area contributed by atoms with Crippen LogP contribution in [0.4, 0.5) is 5.69 Å². The first kappa shape index (κ1) is 12.5. The summed E-state index contributed by atoms with van der Waals surface area (Å²) in [5.74, 6) is -1.51. The molecule has 0 saturated heterocycles. The Morgan fingerprint density at radius 1 is 1.50 bits per heavy atom. The van der Waals surface area contributed by atoms with Crippen molar-refractivity contribution in [1.29, 1.82) is 0 Å². The maximum absolute atomic E-state index is 10.8. The quantitative estimate of drug-likeness (QED) is 0.653. The van der Waals surface area contributed by atoms with Gasteiger partial charge >= 0.3 is 11.9 Å². The van der Waals surface area contributed by atoms with Gasteiger partial charge < -0.3 is 15.6 Å². The van der Waals surface area contributed by atoms with Gasteiger partial charge in [-0.25, -0.2) is 4.79 Å². The molecule has 5 nitrogen and oxygen atoms in total. The normalized spacial score (nSPS) is 9.88. The Labute approximate surface area is 100 Å². The highest BCUT2D eigenvalue weighted by molar-refractivity contribution is 9.10. The maximum Gasteiger partial charge on any atom is 0.335 e. The number of hydrogen-bond acceptors (Lipinski definition) is 4. The molecule has 0 aliphatic carbocycles. The molecule has 0 bridgehead atoms. The monoisotopic (exact) mass is 287 g/mol. The van der Waals surface area contributed by atoms with Crippen LogP contribution >= 0.6 is 15.9 Å². The van der Waals surface area contributed by atoms with E-state index < -0.39 is 11.9 Å². The van der Waals surface area contributed by atoms with Gasteiger partial charge in [-0.15, -0.1) is 0 Å². The van der Waals surface area contributed by atoms with Crippen LogP contribution in [0.25, 0.3) is 0 Å². The first-order valence-corrected chi connectivity index (χ1v) is 5.15. The first-order chi connectivity index (χ1) is 7.41.